The van der Waals surface area contributed by atoms with Gasteiger partial charge in [-0.1, -0.05) is 20.8 Å². The minimum Gasteiger partial charge on any atom is -0.465 e. The van der Waals surface area contributed by atoms with Crippen LogP contribution in [0.3, 0.4) is 0 Å². The first-order chi connectivity index (χ1) is 13.6. The van der Waals surface area contributed by atoms with Crippen molar-refractivity contribution in [1.82, 2.24) is 9.78 Å². The smallest absolute Gasteiger partial charge is 0.341 e. The van der Waals surface area contributed by atoms with Crippen LogP contribution in [0.2, 0.25) is 0 Å². The van der Waals surface area contributed by atoms with Crippen molar-refractivity contribution in [2.75, 3.05) is 12.4 Å². The number of carbonyl (C=O) groups is 2. The van der Waals surface area contributed by atoms with Gasteiger partial charge in [-0.2, -0.15) is 5.10 Å². The molecule has 1 aliphatic rings. The van der Waals surface area contributed by atoms with Gasteiger partial charge < -0.3 is 10.1 Å². The van der Waals surface area contributed by atoms with Gasteiger partial charge in [0.2, 0.25) is 5.91 Å². The molecule has 0 unspecified atom stereocenters. The van der Waals surface area contributed by atoms with Crippen molar-refractivity contribution < 1.29 is 14.3 Å². The number of fused-ring (bicyclic) bond motifs is 1. The molecule has 0 radical (unpaired) electrons. The molecule has 1 aliphatic carbocycles. The van der Waals surface area contributed by atoms with E-state index in [9.17, 15) is 9.59 Å². The number of esters is 1. The molecule has 0 spiro atoms. The lowest BCUT2D eigenvalue weighted by atomic mass is 9.72. The molecular formula is C22H29N3O3S. The van der Waals surface area contributed by atoms with Gasteiger partial charge in [0.1, 0.15) is 5.00 Å². The number of carbonyl (C=O) groups excluding carboxylic acids is 2. The largest absolute Gasteiger partial charge is 0.465 e. The molecule has 7 heteroatoms. The lowest BCUT2D eigenvalue weighted by Crippen LogP contribution is -2.26. The molecule has 2 heterocycles. The van der Waals surface area contributed by atoms with Crippen molar-refractivity contribution in [1.29, 1.82) is 0 Å². The molecular weight excluding hydrogens is 386 g/mol. The molecule has 0 fully saturated rings. The fourth-order valence-electron chi connectivity index (χ4n) is 3.73. The van der Waals surface area contributed by atoms with Crippen LogP contribution in [-0.2, 0) is 29.4 Å². The Hall–Kier alpha value is -2.41. The quantitative estimate of drug-likeness (QED) is 0.594. The van der Waals surface area contributed by atoms with Gasteiger partial charge in [-0.3, -0.25) is 9.48 Å². The molecule has 3 rings (SSSR count). The van der Waals surface area contributed by atoms with Crippen LogP contribution in [-0.4, -0.2) is 28.8 Å². The van der Waals surface area contributed by atoms with Gasteiger partial charge in [0.15, 0.2) is 0 Å². The lowest BCUT2D eigenvalue weighted by molar-refractivity contribution is -0.111. The normalized spacial score (nSPS) is 16.7. The van der Waals surface area contributed by atoms with Gasteiger partial charge in [0, 0.05) is 29.3 Å². The number of nitrogens with zero attached hydrogens (tertiary/aromatic N) is 2. The molecule has 2 aromatic heterocycles. The summed E-state index contributed by atoms with van der Waals surface area (Å²) in [5.74, 6) is -0.111. The zero-order valence-corrected chi connectivity index (χ0v) is 18.8. The number of nitrogens with one attached hydrogen (secondary N) is 1. The molecule has 0 saturated carbocycles. The second-order valence-corrected chi connectivity index (χ2v) is 9.74. The molecule has 156 valence electrons. The fraction of sp³-hybridized carbons (Fsp3) is 0.500. The molecule has 0 aromatic carbocycles. The van der Waals surface area contributed by atoms with E-state index in [0.717, 1.165) is 36.1 Å². The molecule has 6 nitrogen and oxygen atoms in total. The first kappa shape index (κ1) is 21.3. The highest BCUT2D eigenvalue weighted by Gasteiger charge is 2.34. The van der Waals surface area contributed by atoms with Crippen LogP contribution in [0.5, 0.6) is 0 Å². The van der Waals surface area contributed by atoms with E-state index in [4.69, 9.17) is 4.74 Å². The van der Waals surface area contributed by atoms with Crippen molar-refractivity contribution in [3.8, 4) is 0 Å². The number of rotatable bonds is 4. The van der Waals surface area contributed by atoms with E-state index in [1.807, 2.05) is 14.0 Å². The molecule has 0 aliphatic heterocycles. The third-order valence-corrected chi connectivity index (χ3v) is 6.97. The van der Waals surface area contributed by atoms with E-state index < -0.39 is 0 Å². The Morgan fingerprint density at radius 1 is 1.38 bits per heavy atom. The van der Waals surface area contributed by atoms with Gasteiger partial charge in [0.05, 0.1) is 18.9 Å². The summed E-state index contributed by atoms with van der Waals surface area (Å²) in [7, 11) is 3.24. The highest BCUT2D eigenvalue weighted by molar-refractivity contribution is 7.17. The van der Waals surface area contributed by atoms with E-state index >= 15 is 0 Å². The number of ether oxygens (including phenoxy) is 1. The Morgan fingerprint density at radius 3 is 2.69 bits per heavy atom. The Kier molecular flexibility index (Phi) is 5.98. The molecule has 29 heavy (non-hydrogen) atoms. The Bertz CT molecular complexity index is 963. The van der Waals surface area contributed by atoms with E-state index in [1.165, 1.54) is 29.4 Å². The second-order valence-electron chi connectivity index (χ2n) is 8.64. The number of thiophene rings is 1. The summed E-state index contributed by atoms with van der Waals surface area (Å²) in [4.78, 5) is 26.2. The molecule has 0 bridgehead atoms. The summed E-state index contributed by atoms with van der Waals surface area (Å²) in [6.45, 7) is 8.71. The first-order valence-electron chi connectivity index (χ1n) is 9.82. The van der Waals surface area contributed by atoms with Gasteiger partial charge >= 0.3 is 5.97 Å². The van der Waals surface area contributed by atoms with Gasteiger partial charge in [0.25, 0.3) is 0 Å². The monoisotopic (exact) mass is 415 g/mol. The molecule has 1 atom stereocenters. The topological polar surface area (TPSA) is 73.2 Å². The van der Waals surface area contributed by atoms with Crippen LogP contribution < -0.4 is 5.32 Å². The highest BCUT2D eigenvalue weighted by Crippen LogP contribution is 2.44. The predicted octanol–water partition coefficient (Wildman–Crippen LogP) is 4.38. The van der Waals surface area contributed by atoms with Crippen molar-refractivity contribution in [2.45, 2.75) is 47.0 Å². The van der Waals surface area contributed by atoms with E-state index in [2.05, 4.69) is 31.2 Å². The van der Waals surface area contributed by atoms with Crippen molar-refractivity contribution in [2.24, 2.45) is 18.4 Å². The third-order valence-electron chi connectivity index (χ3n) is 5.80. The number of anilines is 1. The van der Waals surface area contributed by atoms with Gasteiger partial charge in [-0.25, -0.2) is 4.79 Å². The summed E-state index contributed by atoms with van der Waals surface area (Å²) in [5, 5.41) is 7.65. The maximum Gasteiger partial charge on any atom is 0.341 e. The number of aryl methyl sites for hydroxylation is 1. The second kappa shape index (κ2) is 8.14. The number of hydrogen-bond acceptors (Lipinski definition) is 5. The number of methoxy groups -OCH3 is 1. The maximum absolute atomic E-state index is 12.5. The molecule has 1 amide bonds. The first-order valence-corrected chi connectivity index (χ1v) is 10.6. The number of amides is 1. The average Bonchev–Trinajstić information content (AvgIpc) is 3.18. The summed E-state index contributed by atoms with van der Waals surface area (Å²) in [6, 6.07) is 0. The Labute approximate surface area is 176 Å². The van der Waals surface area contributed by atoms with Crippen molar-refractivity contribution in [3.05, 3.63) is 39.5 Å². The van der Waals surface area contributed by atoms with Crippen molar-refractivity contribution in [3.63, 3.8) is 0 Å². The van der Waals surface area contributed by atoms with Crippen LogP contribution in [0.1, 0.15) is 59.2 Å². The molecule has 0 saturated heterocycles. The molecule has 2 aromatic rings. The Balaban J connectivity index is 1.85. The number of hydrogen-bond donors (Lipinski definition) is 1. The number of aromatic nitrogens is 2. The van der Waals surface area contributed by atoms with Crippen LogP contribution in [0, 0.1) is 18.3 Å². The summed E-state index contributed by atoms with van der Waals surface area (Å²) >= 11 is 1.50. The third kappa shape index (κ3) is 4.45. The highest BCUT2D eigenvalue weighted by atomic mass is 32.1. The van der Waals surface area contributed by atoms with Crippen LogP contribution >= 0.6 is 11.3 Å². The van der Waals surface area contributed by atoms with E-state index in [-0.39, 0.29) is 17.3 Å². The summed E-state index contributed by atoms with van der Waals surface area (Å²) in [5.41, 5.74) is 3.61. The van der Waals surface area contributed by atoms with Crippen molar-refractivity contribution >= 4 is 34.3 Å². The standard InChI is InChI=1S/C22H29N3O3S/c1-13-14(12-23-25(13)5)7-10-18(26)24-20-19(21(27)28-6)16-9-8-15(22(2,3)4)11-17(16)29-20/h7,10,12,15H,8-9,11H2,1-6H3,(H,24,26)/b10-7+/t15-/m1/s1. The van der Waals surface area contributed by atoms with Crippen LogP contribution in [0.15, 0.2) is 12.3 Å². The summed E-state index contributed by atoms with van der Waals surface area (Å²) < 4.78 is 6.77. The van der Waals surface area contributed by atoms with Crippen LogP contribution in [0.4, 0.5) is 5.00 Å². The SMILES string of the molecule is COC(=O)c1c(NC(=O)/C=C/c2cnn(C)c2C)sc2c1CC[C@@H](C(C)(C)C)C2. The summed E-state index contributed by atoms with van der Waals surface area (Å²) in [6.07, 6.45) is 7.72. The minimum atomic E-state index is -0.390. The van der Waals surface area contributed by atoms with Gasteiger partial charge in [-0.15, -0.1) is 11.3 Å². The molecule has 1 N–H and O–H groups in total. The zero-order valence-electron chi connectivity index (χ0n) is 18.0. The average molecular weight is 416 g/mol. The zero-order chi connectivity index (χ0) is 21.3. The van der Waals surface area contributed by atoms with Gasteiger partial charge in [-0.05, 0) is 49.2 Å². The van der Waals surface area contributed by atoms with E-state index in [1.54, 1.807) is 17.0 Å². The predicted molar refractivity (Wildman–Crippen MR) is 116 cm³/mol. The minimum absolute atomic E-state index is 0.209. The maximum atomic E-state index is 12.5. The van der Waals surface area contributed by atoms with E-state index in [0.29, 0.717) is 16.5 Å². The Morgan fingerprint density at radius 2 is 2.10 bits per heavy atom. The van der Waals surface area contributed by atoms with Crippen LogP contribution in [0.25, 0.3) is 6.08 Å². The fourth-order valence-corrected chi connectivity index (χ4v) is 5.05. The lowest BCUT2D eigenvalue weighted by Gasteiger charge is -2.33.